The molecule has 94 valence electrons. The highest BCUT2D eigenvalue weighted by molar-refractivity contribution is 7.11. The Morgan fingerprint density at radius 3 is 2.71 bits per heavy atom. The van der Waals surface area contributed by atoms with Gasteiger partial charge in [-0.25, -0.2) is 9.78 Å². The molecule has 0 spiro atoms. The number of nitrogens with zero attached hydrogens (tertiary/aromatic N) is 1. The summed E-state index contributed by atoms with van der Waals surface area (Å²) in [6.07, 6.45) is 7.76. The third-order valence-electron chi connectivity index (χ3n) is 3.16. The minimum atomic E-state index is -0.935. The molecule has 2 rings (SSSR count). The summed E-state index contributed by atoms with van der Waals surface area (Å²) in [6, 6.07) is 0.576. The molecule has 0 radical (unpaired) electrons. The van der Waals surface area contributed by atoms with Gasteiger partial charge in [0.15, 0.2) is 0 Å². The zero-order valence-corrected chi connectivity index (χ0v) is 10.6. The number of thiazole rings is 1. The van der Waals surface area contributed by atoms with Crippen LogP contribution in [-0.2, 0) is 6.54 Å². The van der Waals surface area contributed by atoms with E-state index in [1.54, 1.807) is 0 Å². The second-order valence-corrected chi connectivity index (χ2v) is 5.38. The Labute approximate surface area is 105 Å². The number of aromatic nitrogens is 1. The Hall–Kier alpha value is -0.940. The lowest BCUT2D eigenvalue weighted by molar-refractivity contribution is 0.0696. The largest absolute Gasteiger partial charge is 0.476 e. The van der Waals surface area contributed by atoms with Gasteiger partial charge in [-0.15, -0.1) is 11.3 Å². The Balaban J connectivity index is 1.81. The molecule has 5 heteroatoms. The first-order chi connectivity index (χ1) is 8.25. The Kier molecular flexibility index (Phi) is 4.50. The maximum atomic E-state index is 10.7. The van der Waals surface area contributed by atoms with Crippen LogP contribution in [0.15, 0.2) is 5.38 Å². The van der Waals surface area contributed by atoms with Crippen molar-refractivity contribution in [3.05, 3.63) is 16.1 Å². The molecular weight excluding hydrogens is 236 g/mol. The van der Waals surface area contributed by atoms with Crippen molar-refractivity contribution in [2.75, 3.05) is 0 Å². The van der Waals surface area contributed by atoms with Crippen LogP contribution >= 0.6 is 11.3 Å². The van der Waals surface area contributed by atoms with Gasteiger partial charge in [-0.05, 0) is 12.8 Å². The van der Waals surface area contributed by atoms with Crippen molar-refractivity contribution in [2.45, 2.75) is 51.1 Å². The zero-order chi connectivity index (χ0) is 12.1. The summed E-state index contributed by atoms with van der Waals surface area (Å²) in [5.74, 6) is -0.935. The fourth-order valence-corrected chi connectivity index (χ4v) is 2.87. The van der Waals surface area contributed by atoms with Crippen molar-refractivity contribution >= 4 is 17.3 Å². The predicted octanol–water partition coefficient (Wildman–Crippen LogP) is 2.65. The highest BCUT2D eigenvalue weighted by Crippen LogP contribution is 2.18. The number of carboxylic acid groups (broad SMARTS) is 1. The zero-order valence-electron chi connectivity index (χ0n) is 9.82. The quantitative estimate of drug-likeness (QED) is 0.811. The van der Waals surface area contributed by atoms with Gasteiger partial charge in [-0.3, -0.25) is 0 Å². The highest BCUT2D eigenvalue weighted by atomic mass is 32.1. The van der Waals surface area contributed by atoms with Crippen LogP contribution in [0.3, 0.4) is 0 Å². The lowest BCUT2D eigenvalue weighted by atomic mass is 10.1. The van der Waals surface area contributed by atoms with Crippen LogP contribution in [0.2, 0.25) is 0 Å². The molecule has 1 aromatic heterocycles. The van der Waals surface area contributed by atoms with Crippen molar-refractivity contribution in [2.24, 2.45) is 0 Å². The van der Waals surface area contributed by atoms with Crippen LogP contribution in [0.4, 0.5) is 0 Å². The van der Waals surface area contributed by atoms with E-state index in [1.807, 2.05) is 5.38 Å². The van der Waals surface area contributed by atoms with E-state index < -0.39 is 5.97 Å². The van der Waals surface area contributed by atoms with Crippen molar-refractivity contribution in [3.63, 3.8) is 0 Å². The maximum absolute atomic E-state index is 10.7. The topological polar surface area (TPSA) is 62.2 Å². The minimum absolute atomic E-state index is 0.183. The molecule has 0 bridgehead atoms. The average molecular weight is 254 g/mol. The van der Waals surface area contributed by atoms with E-state index in [4.69, 9.17) is 5.11 Å². The molecule has 1 aromatic rings. The van der Waals surface area contributed by atoms with Crippen molar-refractivity contribution in [1.29, 1.82) is 0 Å². The molecule has 0 unspecified atom stereocenters. The van der Waals surface area contributed by atoms with E-state index in [-0.39, 0.29) is 5.01 Å². The smallest absolute Gasteiger partial charge is 0.365 e. The average Bonchev–Trinajstić information content (AvgIpc) is 2.63. The summed E-state index contributed by atoms with van der Waals surface area (Å²) in [7, 11) is 0. The van der Waals surface area contributed by atoms with E-state index >= 15 is 0 Å². The molecule has 0 amide bonds. The number of rotatable bonds is 4. The lowest BCUT2D eigenvalue weighted by Gasteiger charge is -2.14. The first kappa shape index (κ1) is 12.5. The highest BCUT2D eigenvalue weighted by Gasteiger charge is 2.13. The van der Waals surface area contributed by atoms with Gasteiger partial charge in [0.25, 0.3) is 0 Å². The van der Waals surface area contributed by atoms with Crippen LogP contribution in [0.5, 0.6) is 0 Å². The molecule has 1 fully saturated rings. The summed E-state index contributed by atoms with van der Waals surface area (Å²) in [6.45, 7) is 0.689. The Morgan fingerprint density at radius 2 is 2.12 bits per heavy atom. The molecular formula is C12H18N2O2S. The first-order valence-corrected chi connectivity index (χ1v) is 7.05. The first-order valence-electron chi connectivity index (χ1n) is 6.17. The van der Waals surface area contributed by atoms with E-state index in [1.165, 1.54) is 49.9 Å². The fraction of sp³-hybridized carbons (Fsp3) is 0.667. The van der Waals surface area contributed by atoms with Gasteiger partial charge in [-0.2, -0.15) is 0 Å². The molecule has 1 heterocycles. The Morgan fingerprint density at radius 1 is 1.41 bits per heavy atom. The normalized spacial score (nSPS) is 17.9. The molecule has 4 nitrogen and oxygen atoms in total. The fourth-order valence-electron chi connectivity index (χ4n) is 2.22. The number of aromatic carboxylic acids is 1. The van der Waals surface area contributed by atoms with Gasteiger partial charge in [0, 0.05) is 18.0 Å². The third-order valence-corrected chi connectivity index (χ3v) is 4.04. The van der Waals surface area contributed by atoms with Crippen LogP contribution in [0.1, 0.15) is 54.0 Å². The van der Waals surface area contributed by atoms with Gasteiger partial charge in [0.2, 0.25) is 5.01 Å². The van der Waals surface area contributed by atoms with Crippen LogP contribution < -0.4 is 5.32 Å². The molecule has 1 saturated carbocycles. The number of carbonyl (C=O) groups is 1. The van der Waals surface area contributed by atoms with E-state index in [0.717, 1.165) is 5.69 Å². The predicted molar refractivity (Wildman–Crippen MR) is 67.4 cm³/mol. The van der Waals surface area contributed by atoms with Gasteiger partial charge in [0.05, 0.1) is 5.69 Å². The number of hydrogen-bond acceptors (Lipinski definition) is 4. The van der Waals surface area contributed by atoms with Gasteiger partial charge >= 0.3 is 5.97 Å². The second-order valence-electron chi connectivity index (χ2n) is 4.52. The molecule has 2 N–H and O–H groups in total. The molecule has 0 saturated heterocycles. The third kappa shape index (κ3) is 3.78. The summed E-state index contributed by atoms with van der Waals surface area (Å²) >= 11 is 1.20. The van der Waals surface area contributed by atoms with Crippen molar-refractivity contribution in [3.8, 4) is 0 Å². The second kappa shape index (κ2) is 6.12. The molecule has 1 aliphatic carbocycles. The van der Waals surface area contributed by atoms with E-state index in [2.05, 4.69) is 10.3 Å². The van der Waals surface area contributed by atoms with Crippen molar-refractivity contribution in [1.82, 2.24) is 10.3 Å². The van der Waals surface area contributed by atoms with Crippen LogP contribution in [0.25, 0.3) is 0 Å². The van der Waals surface area contributed by atoms with Crippen LogP contribution in [-0.4, -0.2) is 22.1 Å². The molecule has 0 aliphatic heterocycles. The summed E-state index contributed by atoms with van der Waals surface area (Å²) in [4.78, 5) is 14.8. The molecule has 1 aliphatic rings. The van der Waals surface area contributed by atoms with Crippen molar-refractivity contribution < 1.29 is 9.90 Å². The van der Waals surface area contributed by atoms with E-state index in [0.29, 0.717) is 12.6 Å². The SMILES string of the molecule is O=C(O)c1nc(CNC2CCCCCC2)cs1. The van der Waals surface area contributed by atoms with Gasteiger partial charge in [-0.1, -0.05) is 25.7 Å². The van der Waals surface area contributed by atoms with Gasteiger partial charge < -0.3 is 10.4 Å². The minimum Gasteiger partial charge on any atom is -0.476 e. The summed E-state index contributed by atoms with van der Waals surface area (Å²) in [5.41, 5.74) is 0.844. The lowest BCUT2D eigenvalue weighted by Crippen LogP contribution is -2.28. The summed E-state index contributed by atoms with van der Waals surface area (Å²) in [5, 5.41) is 14.3. The van der Waals surface area contributed by atoms with E-state index in [9.17, 15) is 4.79 Å². The Bertz CT molecular complexity index is 370. The summed E-state index contributed by atoms with van der Waals surface area (Å²) < 4.78 is 0. The molecule has 0 aromatic carbocycles. The monoisotopic (exact) mass is 254 g/mol. The maximum Gasteiger partial charge on any atom is 0.365 e. The van der Waals surface area contributed by atoms with Crippen LogP contribution in [0, 0.1) is 0 Å². The number of nitrogens with one attached hydrogen (secondary N) is 1. The van der Waals surface area contributed by atoms with Gasteiger partial charge in [0.1, 0.15) is 0 Å². The standard InChI is InChI=1S/C12H18N2O2S/c15-12(16)11-14-10(8-17-11)7-13-9-5-3-1-2-4-6-9/h8-9,13H,1-7H2,(H,15,16). The number of carboxylic acids is 1. The molecule has 0 atom stereocenters. The number of hydrogen-bond donors (Lipinski definition) is 2. The molecule has 17 heavy (non-hydrogen) atoms.